The summed E-state index contributed by atoms with van der Waals surface area (Å²) in [7, 11) is 0. The molecule has 1 atom stereocenters. The molecular formula is C17H20ClNO. The van der Waals surface area contributed by atoms with Crippen LogP contribution in [0.2, 0.25) is 5.02 Å². The molecular weight excluding hydrogens is 270 g/mol. The van der Waals surface area contributed by atoms with Crippen LogP contribution in [0, 0.1) is 6.92 Å². The van der Waals surface area contributed by atoms with E-state index in [9.17, 15) is 0 Å². The van der Waals surface area contributed by atoms with Crippen molar-refractivity contribution in [3.8, 4) is 5.75 Å². The second kappa shape index (κ2) is 6.78. The van der Waals surface area contributed by atoms with Crippen LogP contribution in [0.25, 0.3) is 0 Å². The molecule has 0 bridgehead atoms. The highest BCUT2D eigenvalue weighted by atomic mass is 35.5. The molecule has 0 spiro atoms. The van der Waals surface area contributed by atoms with Crippen LogP contribution in [0.4, 0.5) is 0 Å². The van der Waals surface area contributed by atoms with E-state index in [1.807, 2.05) is 37.3 Å². The van der Waals surface area contributed by atoms with Gasteiger partial charge in [0, 0.05) is 11.1 Å². The second-order valence-corrected chi connectivity index (χ2v) is 5.65. The molecule has 0 saturated heterocycles. The molecule has 2 aromatic rings. The third-order valence-corrected chi connectivity index (χ3v) is 3.28. The number of hydrogen-bond donors (Lipinski definition) is 1. The summed E-state index contributed by atoms with van der Waals surface area (Å²) in [5.41, 5.74) is 9.33. The molecule has 2 N–H and O–H groups in total. The Kier molecular flexibility index (Phi) is 5.05. The van der Waals surface area contributed by atoms with E-state index < -0.39 is 0 Å². The lowest BCUT2D eigenvalue weighted by molar-refractivity contribution is 0.302. The van der Waals surface area contributed by atoms with Crippen molar-refractivity contribution in [3.05, 3.63) is 64.2 Å². The van der Waals surface area contributed by atoms with Gasteiger partial charge in [0.15, 0.2) is 0 Å². The first-order valence-corrected chi connectivity index (χ1v) is 7.15. The van der Waals surface area contributed by atoms with E-state index in [0.29, 0.717) is 6.61 Å². The molecule has 3 heteroatoms. The topological polar surface area (TPSA) is 35.2 Å². The summed E-state index contributed by atoms with van der Waals surface area (Å²) < 4.78 is 5.92. The lowest BCUT2D eigenvalue weighted by atomic mass is 10.0. The smallest absolute Gasteiger partial charge is 0.123 e. The molecule has 0 aliphatic rings. The molecule has 2 aromatic carbocycles. The molecule has 20 heavy (non-hydrogen) atoms. The fourth-order valence-electron chi connectivity index (χ4n) is 2.14. The molecule has 0 saturated carbocycles. The zero-order chi connectivity index (χ0) is 14.5. The van der Waals surface area contributed by atoms with Crippen LogP contribution in [0.3, 0.4) is 0 Å². The van der Waals surface area contributed by atoms with Gasteiger partial charge in [0.25, 0.3) is 0 Å². The van der Waals surface area contributed by atoms with E-state index in [0.717, 1.165) is 28.3 Å². The Hall–Kier alpha value is -1.51. The minimum absolute atomic E-state index is 0.116. The van der Waals surface area contributed by atoms with Gasteiger partial charge in [-0.1, -0.05) is 41.4 Å². The molecule has 0 heterocycles. The molecule has 1 unspecified atom stereocenters. The molecule has 0 aliphatic carbocycles. The molecule has 106 valence electrons. The van der Waals surface area contributed by atoms with Crippen LogP contribution in [-0.4, -0.2) is 6.04 Å². The summed E-state index contributed by atoms with van der Waals surface area (Å²) in [6, 6.07) is 14.0. The monoisotopic (exact) mass is 289 g/mol. The minimum Gasteiger partial charge on any atom is -0.489 e. The molecule has 0 amide bonds. The largest absolute Gasteiger partial charge is 0.489 e. The van der Waals surface area contributed by atoms with Crippen molar-refractivity contribution < 1.29 is 4.74 Å². The summed E-state index contributed by atoms with van der Waals surface area (Å²) in [5, 5.41) is 0.728. The maximum absolute atomic E-state index is 5.98. The van der Waals surface area contributed by atoms with Gasteiger partial charge in [-0.05, 0) is 49.6 Å². The van der Waals surface area contributed by atoms with Crippen molar-refractivity contribution in [1.82, 2.24) is 0 Å². The van der Waals surface area contributed by atoms with Gasteiger partial charge in [-0.2, -0.15) is 0 Å². The van der Waals surface area contributed by atoms with Gasteiger partial charge >= 0.3 is 0 Å². The van der Waals surface area contributed by atoms with Crippen LogP contribution in [0.1, 0.15) is 23.6 Å². The van der Waals surface area contributed by atoms with Crippen LogP contribution in [0.5, 0.6) is 5.75 Å². The Labute approximate surface area is 125 Å². The first kappa shape index (κ1) is 14.9. The Morgan fingerprint density at radius 1 is 1.20 bits per heavy atom. The third kappa shape index (κ3) is 4.26. The molecule has 0 radical (unpaired) electrons. The number of halogens is 1. The summed E-state index contributed by atoms with van der Waals surface area (Å²) in [4.78, 5) is 0. The SMILES string of the molecule is Cc1ccc(OCc2cccc(Cl)c2)c(CC(C)N)c1. The van der Waals surface area contributed by atoms with Crippen molar-refractivity contribution in [2.75, 3.05) is 0 Å². The average Bonchev–Trinajstić information content (AvgIpc) is 2.37. The van der Waals surface area contributed by atoms with Gasteiger partial charge in [0.2, 0.25) is 0 Å². The normalized spacial score (nSPS) is 12.2. The first-order valence-electron chi connectivity index (χ1n) is 6.77. The molecule has 0 aromatic heterocycles. The average molecular weight is 290 g/mol. The summed E-state index contributed by atoms with van der Waals surface area (Å²) in [6.45, 7) is 4.59. The Morgan fingerprint density at radius 3 is 2.70 bits per heavy atom. The number of benzene rings is 2. The van der Waals surface area contributed by atoms with Gasteiger partial charge in [0.1, 0.15) is 12.4 Å². The van der Waals surface area contributed by atoms with E-state index in [1.54, 1.807) is 0 Å². The fourth-order valence-corrected chi connectivity index (χ4v) is 2.36. The zero-order valence-corrected chi connectivity index (χ0v) is 12.7. The van der Waals surface area contributed by atoms with Gasteiger partial charge < -0.3 is 10.5 Å². The molecule has 2 rings (SSSR count). The molecule has 0 aliphatic heterocycles. The quantitative estimate of drug-likeness (QED) is 0.899. The lowest BCUT2D eigenvalue weighted by Gasteiger charge is -2.14. The number of ether oxygens (including phenoxy) is 1. The van der Waals surface area contributed by atoms with Gasteiger partial charge in [-0.15, -0.1) is 0 Å². The number of nitrogens with two attached hydrogens (primary N) is 1. The van der Waals surface area contributed by atoms with Crippen LogP contribution in [0.15, 0.2) is 42.5 Å². The highest BCUT2D eigenvalue weighted by molar-refractivity contribution is 6.30. The highest BCUT2D eigenvalue weighted by Gasteiger charge is 2.07. The van der Waals surface area contributed by atoms with E-state index in [1.165, 1.54) is 5.56 Å². The van der Waals surface area contributed by atoms with Crippen LogP contribution >= 0.6 is 11.6 Å². The van der Waals surface area contributed by atoms with E-state index >= 15 is 0 Å². The maximum Gasteiger partial charge on any atom is 0.123 e. The van der Waals surface area contributed by atoms with Gasteiger partial charge in [0.05, 0.1) is 0 Å². The maximum atomic E-state index is 5.98. The van der Waals surface area contributed by atoms with Crippen molar-refractivity contribution in [2.45, 2.75) is 32.9 Å². The first-order chi connectivity index (χ1) is 9.54. The van der Waals surface area contributed by atoms with Crippen molar-refractivity contribution >= 4 is 11.6 Å². The summed E-state index contributed by atoms with van der Waals surface area (Å²) in [6.07, 6.45) is 0.812. The standard InChI is InChI=1S/C17H20ClNO/c1-12-6-7-17(15(8-12)9-13(2)19)20-11-14-4-3-5-16(18)10-14/h3-8,10,13H,9,11,19H2,1-2H3. The minimum atomic E-state index is 0.116. The fraction of sp³-hybridized carbons (Fsp3) is 0.294. The summed E-state index contributed by atoms with van der Waals surface area (Å²) in [5.74, 6) is 0.896. The summed E-state index contributed by atoms with van der Waals surface area (Å²) >= 11 is 5.98. The van der Waals surface area contributed by atoms with E-state index in [2.05, 4.69) is 19.1 Å². The second-order valence-electron chi connectivity index (χ2n) is 5.21. The highest BCUT2D eigenvalue weighted by Crippen LogP contribution is 2.23. The van der Waals surface area contributed by atoms with Crippen molar-refractivity contribution in [2.24, 2.45) is 5.73 Å². The van der Waals surface area contributed by atoms with E-state index in [4.69, 9.17) is 22.1 Å². The van der Waals surface area contributed by atoms with Gasteiger partial charge in [-0.3, -0.25) is 0 Å². The Balaban J connectivity index is 2.12. The lowest BCUT2D eigenvalue weighted by Crippen LogP contribution is -2.18. The van der Waals surface area contributed by atoms with Crippen LogP contribution < -0.4 is 10.5 Å². The zero-order valence-electron chi connectivity index (χ0n) is 11.9. The van der Waals surface area contributed by atoms with Gasteiger partial charge in [-0.25, -0.2) is 0 Å². The van der Waals surface area contributed by atoms with Crippen molar-refractivity contribution in [3.63, 3.8) is 0 Å². The van der Waals surface area contributed by atoms with Crippen LogP contribution in [-0.2, 0) is 13.0 Å². The van der Waals surface area contributed by atoms with E-state index in [-0.39, 0.29) is 6.04 Å². The third-order valence-electron chi connectivity index (χ3n) is 3.04. The molecule has 0 fully saturated rings. The predicted molar refractivity (Wildman–Crippen MR) is 84.3 cm³/mol. The Bertz CT molecular complexity index is 581. The number of aryl methyl sites for hydroxylation is 1. The van der Waals surface area contributed by atoms with Crippen molar-refractivity contribution in [1.29, 1.82) is 0 Å². The predicted octanol–water partition coefficient (Wildman–Crippen LogP) is 4.12. The number of hydrogen-bond acceptors (Lipinski definition) is 2. The Morgan fingerprint density at radius 2 is 2.00 bits per heavy atom. The number of rotatable bonds is 5. The molecule has 2 nitrogen and oxygen atoms in total.